The Morgan fingerprint density at radius 3 is 2.35 bits per heavy atom. The predicted molar refractivity (Wildman–Crippen MR) is 93.5 cm³/mol. The third kappa shape index (κ3) is 5.42. The van der Waals surface area contributed by atoms with Crippen LogP contribution in [0, 0.1) is 0 Å². The molecule has 0 saturated heterocycles. The highest BCUT2D eigenvalue weighted by atomic mass is 16.5. The molecule has 0 aliphatic rings. The SMILES string of the molecule is CCOCc1ccccc1CNC(=O)Nc1ccc(CC)cc1. The molecule has 0 fully saturated rings. The monoisotopic (exact) mass is 312 g/mol. The Hall–Kier alpha value is -2.33. The van der Waals surface area contributed by atoms with Crippen LogP contribution in [0.4, 0.5) is 10.5 Å². The van der Waals surface area contributed by atoms with Crippen LogP contribution in [-0.2, 0) is 24.3 Å². The predicted octanol–water partition coefficient (Wildman–Crippen LogP) is 4.11. The highest BCUT2D eigenvalue weighted by Crippen LogP contribution is 2.11. The number of carbonyl (C=O) groups excluding carboxylic acids is 1. The average Bonchev–Trinajstić information content (AvgIpc) is 2.59. The summed E-state index contributed by atoms with van der Waals surface area (Å²) in [5.74, 6) is 0. The Balaban J connectivity index is 1.88. The van der Waals surface area contributed by atoms with Crippen molar-refractivity contribution in [1.82, 2.24) is 5.32 Å². The second kappa shape index (κ2) is 8.96. The molecule has 2 amide bonds. The summed E-state index contributed by atoms with van der Waals surface area (Å²) in [6.07, 6.45) is 0.989. The van der Waals surface area contributed by atoms with Gasteiger partial charge in [0.15, 0.2) is 0 Å². The molecule has 23 heavy (non-hydrogen) atoms. The summed E-state index contributed by atoms with van der Waals surface area (Å²) in [4.78, 5) is 12.0. The van der Waals surface area contributed by atoms with Crippen molar-refractivity contribution in [3.8, 4) is 0 Å². The highest BCUT2D eigenvalue weighted by molar-refractivity contribution is 5.89. The first-order valence-electron chi connectivity index (χ1n) is 8.01. The van der Waals surface area contributed by atoms with E-state index in [2.05, 4.69) is 17.6 Å². The Kier molecular flexibility index (Phi) is 6.63. The second-order valence-electron chi connectivity index (χ2n) is 5.26. The van der Waals surface area contributed by atoms with Crippen LogP contribution in [0.3, 0.4) is 0 Å². The van der Waals surface area contributed by atoms with Gasteiger partial charge in [0.2, 0.25) is 0 Å². The Morgan fingerprint density at radius 1 is 1.00 bits per heavy atom. The van der Waals surface area contributed by atoms with Crippen LogP contribution in [0.25, 0.3) is 0 Å². The number of nitrogens with one attached hydrogen (secondary N) is 2. The van der Waals surface area contributed by atoms with Gasteiger partial charge in [-0.15, -0.1) is 0 Å². The van der Waals surface area contributed by atoms with Crippen molar-refractivity contribution >= 4 is 11.7 Å². The third-order valence-electron chi connectivity index (χ3n) is 3.64. The molecule has 0 heterocycles. The largest absolute Gasteiger partial charge is 0.377 e. The first kappa shape index (κ1) is 17.0. The molecule has 4 heteroatoms. The first-order chi connectivity index (χ1) is 11.2. The van der Waals surface area contributed by atoms with Gasteiger partial charge in [0.25, 0.3) is 0 Å². The van der Waals surface area contributed by atoms with Gasteiger partial charge in [-0.05, 0) is 42.2 Å². The van der Waals surface area contributed by atoms with Crippen LogP contribution in [-0.4, -0.2) is 12.6 Å². The van der Waals surface area contributed by atoms with E-state index in [1.807, 2.05) is 55.5 Å². The second-order valence-corrected chi connectivity index (χ2v) is 5.26. The maximum Gasteiger partial charge on any atom is 0.319 e. The van der Waals surface area contributed by atoms with Crippen LogP contribution >= 0.6 is 0 Å². The molecule has 2 rings (SSSR count). The van der Waals surface area contributed by atoms with E-state index in [0.717, 1.165) is 23.2 Å². The molecule has 0 bridgehead atoms. The molecule has 122 valence electrons. The van der Waals surface area contributed by atoms with Gasteiger partial charge >= 0.3 is 6.03 Å². The number of aryl methyl sites for hydroxylation is 1. The zero-order valence-electron chi connectivity index (χ0n) is 13.8. The number of hydrogen-bond acceptors (Lipinski definition) is 2. The van der Waals surface area contributed by atoms with Crippen LogP contribution in [0.5, 0.6) is 0 Å². The zero-order chi connectivity index (χ0) is 16.5. The fourth-order valence-corrected chi connectivity index (χ4v) is 2.26. The number of anilines is 1. The third-order valence-corrected chi connectivity index (χ3v) is 3.64. The highest BCUT2D eigenvalue weighted by Gasteiger charge is 2.05. The quantitative estimate of drug-likeness (QED) is 0.808. The lowest BCUT2D eigenvalue weighted by atomic mass is 10.1. The van der Waals surface area contributed by atoms with Gasteiger partial charge in [-0.1, -0.05) is 43.3 Å². The molecular formula is C19H24N2O2. The van der Waals surface area contributed by atoms with E-state index >= 15 is 0 Å². The maximum absolute atomic E-state index is 12.0. The number of benzene rings is 2. The average molecular weight is 312 g/mol. The van der Waals surface area contributed by atoms with Crippen molar-refractivity contribution in [3.05, 3.63) is 65.2 Å². The van der Waals surface area contributed by atoms with E-state index in [1.165, 1.54) is 5.56 Å². The molecule has 2 aromatic carbocycles. The van der Waals surface area contributed by atoms with Crippen LogP contribution < -0.4 is 10.6 Å². The van der Waals surface area contributed by atoms with Crippen molar-refractivity contribution < 1.29 is 9.53 Å². The lowest BCUT2D eigenvalue weighted by molar-refractivity contribution is 0.133. The van der Waals surface area contributed by atoms with Gasteiger partial charge in [0.1, 0.15) is 0 Å². The smallest absolute Gasteiger partial charge is 0.319 e. The topological polar surface area (TPSA) is 50.4 Å². The molecular weight excluding hydrogens is 288 g/mol. The number of rotatable bonds is 7. The van der Waals surface area contributed by atoms with Crippen molar-refractivity contribution in [2.24, 2.45) is 0 Å². The summed E-state index contributed by atoms with van der Waals surface area (Å²) in [7, 11) is 0. The minimum absolute atomic E-state index is 0.208. The first-order valence-corrected chi connectivity index (χ1v) is 8.01. The number of hydrogen-bond donors (Lipinski definition) is 2. The van der Waals surface area contributed by atoms with Crippen molar-refractivity contribution in [2.45, 2.75) is 33.4 Å². The van der Waals surface area contributed by atoms with Crippen molar-refractivity contribution in [1.29, 1.82) is 0 Å². The fourth-order valence-electron chi connectivity index (χ4n) is 2.26. The Labute approximate surface area is 137 Å². The molecule has 4 nitrogen and oxygen atoms in total. The summed E-state index contributed by atoms with van der Waals surface area (Å²) < 4.78 is 5.46. The normalized spacial score (nSPS) is 10.3. The molecule has 0 atom stereocenters. The number of urea groups is 1. The Morgan fingerprint density at radius 2 is 1.70 bits per heavy atom. The minimum atomic E-state index is -0.208. The van der Waals surface area contributed by atoms with E-state index in [4.69, 9.17) is 4.74 Å². The summed E-state index contributed by atoms with van der Waals surface area (Å²) in [6.45, 7) is 5.79. The van der Waals surface area contributed by atoms with Crippen LogP contribution in [0.1, 0.15) is 30.5 Å². The molecule has 2 aromatic rings. The van der Waals surface area contributed by atoms with Gasteiger partial charge < -0.3 is 15.4 Å². The van der Waals surface area contributed by atoms with Gasteiger partial charge in [0, 0.05) is 18.8 Å². The number of carbonyl (C=O) groups is 1. The summed E-state index contributed by atoms with van der Waals surface area (Å²) in [6, 6.07) is 15.6. The maximum atomic E-state index is 12.0. The molecule has 0 radical (unpaired) electrons. The molecule has 0 spiro atoms. The molecule has 0 aliphatic heterocycles. The lowest BCUT2D eigenvalue weighted by Crippen LogP contribution is -2.28. The summed E-state index contributed by atoms with van der Waals surface area (Å²) in [5, 5.41) is 5.73. The van der Waals surface area contributed by atoms with Crippen LogP contribution in [0.2, 0.25) is 0 Å². The zero-order valence-corrected chi connectivity index (χ0v) is 13.8. The Bertz CT molecular complexity index is 624. The van der Waals surface area contributed by atoms with Gasteiger partial charge in [-0.25, -0.2) is 4.79 Å². The standard InChI is InChI=1S/C19H24N2O2/c1-3-15-9-11-18(12-10-15)21-19(22)20-13-16-7-5-6-8-17(16)14-23-4-2/h5-12H,3-4,13-14H2,1-2H3,(H2,20,21,22). The lowest BCUT2D eigenvalue weighted by Gasteiger charge is -2.11. The summed E-state index contributed by atoms with van der Waals surface area (Å²) in [5.41, 5.74) is 4.21. The van der Waals surface area contributed by atoms with E-state index in [-0.39, 0.29) is 6.03 Å². The molecule has 0 unspecified atom stereocenters. The molecule has 2 N–H and O–H groups in total. The minimum Gasteiger partial charge on any atom is -0.377 e. The van der Waals surface area contributed by atoms with E-state index < -0.39 is 0 Å². The van der Waals surface area contributed by atoms with Gasteiger partial charge in [-0.3, -0.25) is 0 Å². The van der Waals surface area contributed by atoms with Crippen LogP contribution in [0.15, 0.2) is 48.5 Å². The van der Waals surface area contributed by atoms with E-state index in [9.17, 15) is 4.79 Å². The van der Waals surface area contributed by atoms with Crippen molar-refractivity contribution in [3.63, 3.8) is 0 Å². The van der Waals surface area contributed by atoms with Gasteiger partial charge in [0.05, 0.1) is 6.61 Å². The molecule has 0 saturated carbocycles. The summed E-state index contributed by atoms with van der Waals surface area (Å²) >= 11 is 0. The molecule has 0 aromatic heterocycles. The number of ether oxygens (including phenoxy) is 1. The van der Waals surface area contributed by atoms with E-state index in [1.54, 1.807) is 0 Å². The van der Waals surface area contributed by atoms with E-state index in [0.29, 0.717) is 19.8 Å². The fraction of sp³-hybridized carbons (Fsp3) is 0.316. The van der Waals surface area contributed by atoms with Gasteiger partial charge in [-0.2, -0.15) is 0 Å². The molecule has 0 aliphatic carbocycles. The number of amides is 2. The van der Waals surface area contributed by atoms with Crippen molar-refractivity contribution in [2.75, 3.05) is 11.9 Å².